The van der Waals surface area contributed by atoms with Crippen LogP contribution in [0.5, 0.6) is 0 Å². The molecule has 1 nitrogen and oxygen atoms in total. The molecule has 1 N–H and O–H groups in total. The molecular formula is C15H19NS. The molecule has 1 atom stereocenters. The second-order valence-electron chi connectivity index (χ2n) is 4.36. The first-order chi connectivity index (χ1) is 8.29. The first kappa shape index (κ1) is 12.3. The average molecular weight is 245 g/mol. The molecule has 17 heavy (non-hydrogen) atoms. The van der Waals surface area contributed by atoms with E-state index in [1.807, 2.05) is 18.4 Å². The van der Waals surface area contributed by atoms with Crippen molar-refractivity contribution in [1.82, 2.24) is 5.32 Å². The molecule has 0 radical (unpaired) electrons. The highest BCUT2D eigenvalue weighted by atomic mass is 32.1. The summed E-state index contributed by atoms with van der Waals surface area (Å²) in [6.07, 6.45) is 2.28. The molecule has 1 unspecified atom stereocenters. The Hall–Kier alpha value is -1.12. The van der Waals surface area contributed by atoms with Crippen LogP contribution in [0.4, 0.5) is 0 Å². The lowest BCUT2D eigenvalue weighted by Gasteiger charge is -2.14. The SMILES string of the molecule is CNC(CCc1ccccc1)c1csc(C)c1. The van der Waals surface area contributed by atoms with Crippen LogP contribution in [0, 0.1) is 6.92 Å². The Bertz CT molecular complexity index is 447. The smallest absolute Gasteiger partial charge is 0.0329 e. The van der Waals surface area contributed by atoms with Gasteiger partial charge in [-0.2, -0.15) is 0 Å². The molecule has 1 aromatic carbocycles. The number of hydrogen-bond donors (Lipinski definition) is 1. The maximum Gasteiger partial charge on any atom is 0.0329 e. The molecule has 2 rings (SSSR count). The van der Waals surface area contributed by atoms with Gasteiger partial charge in [0.2, 0.25) is 0 Å². The van der Waals surface area contributed by atoms with E-state index in [0.29, 0.717) is 6.04 Å². The van der Waals surface area contributed by atoms with E-state index in [0.717, 1.165) is 12.8 Å². The number of thiophene rings is 1. The van der Waals surface area contributed by atoms with Gasteiger partial charge in [-0.25, -0.2) is 0 Å². The van der Waals surface area contributed by atoms with Gasteiger partial charge in [-0.3, -0.25) is 0 Å². The van der Waals surface area contributed by atoms with Gasteiger partial charge in [0.05, 0.1) is 0 Å². The Morgan fingerprint density at radius 2 is 2.00 bits per heavy atom. The van der Waals surface area contributed by atoms with Gasteiger partial charge in [-0.05, 0) is 49.4 Å². The highest BCUT2D eigenvalue weighted by Gasteiger charge is 2.10. The fourth-order valence-electron chi connectivity index (χ4n) is 2.08. The summed E-state index contributed by atoms with van der Waals surface area (Å²) in [6, 6.07) is 13.5. The number of benzene rings is 1. The molecule has 0 saturated carbocycles. The largest absolute Gasteiger partial charge is 0.313 e. The van der Waals surface area contributed by atoms with Crippen LogP contribution in [0.2, 0.25) is 0 Å². The summed E-state index contributed by atoms with van der Waals surface area (Å²) in [4.78, 5) is 1.39. The highest BCUT2D eigenvalue weighted by molar-refractivity contribution is 7.10. The van der Waals surface area contributed by atoms with Crippen molar-refractivity contribution in [2.45, 2.75) is 25.8 Å². The molecule has 2 heteroatoms. The van der Waals surface area contributed by atoms with Gasteiger partial charge in [0, 0.05) is 10.9 Å². The molecule has 0 aliphatic rings. The lowest BCUT2D eigenvalue weighted by Crippen LogP contribution is -2.16. The normalized spacial score (nSPS) is 12.6. The standard InChI is InChI=1S/C15H19NS/c1-12-10-14(11-17-12)15(16-2)9-8-13-6-4-3-5-7-13/h3-7,10-11,15-16H,8-9H2,1-2H3. The summed E-state index contributed by atoms with van der Waals surface area (Å²) in [5, 5.41) is 5.67. The summed E-state index contributed by atoms with van der Waals surface area (Å²) < 4.78 is 0. The van der Waals surface area contributed by atoms with E-state index in [1.165, 1.54) is 16.0 Å². The van der Waals surface area contributed by atoms with Crippen molar-refractivity contribution in [3.05, 3.63) is 57.8 Å². The van der Waals surface area contributed by atoms with Gasteiger partial charge in [0.15, 0.2) is 0 Å². The molecule has 1 heterocycles. The van der Waals surface area contributed by atoms with Crippen molar-refractivity contribution >= 4 is 11.3 Å². The van der Waals surface area contributed by atoms with Crippen molar-refractivity contribution < 1.29 is 0 Å². The fraction of sp³-hybridized carbons (Fsp3) is 0.333. The van der Waals surface area contributed by atoms with E-state index in [2.05, 4.69) is 54.0 Å². The minimum atomic E-state index is 0.472. The van der Waals surface area contributed by atoms with Gasteiger partial charge in [0.25, 0.3) is 0 Å². The Labute approximate surface area is 108 Å². The van der Waals surface area contributed by atoms with Crippen molar-refractivity contribution in [3.63, 3.8) is 0 Å². The molecule has 0 aliphatic carbocycles. The zero-order valence-electron chi connectivity index (χ0n) is 10.4. The third kappa shape index (κ3) is 3.42. The zero-order chi connectivity index (χ0) is 12.1. The van der Waals surface area contributed by atoms with E-state index in [9.17, 15) is 0 Å². The maximum atomic E-state index is 3.41. The highest BCUT2D eigenvalue weighted by Crippen LogP contribution is 2.23. The number of rotatable bonds is 5. The van der Waals surface area contributed by atoms with Crippen LogP contribution < -0.4 is 5.32 Å². The summed E-state index contributed by atoms with van der Waals surface area (Å²) in [5.41, 5.74) is 2.84. The first-order valence-corrected chi connectivity index (χ1v) is 6.94. The van der Waals surface area contributed by atoms with E-state index < -0.39 is 0 Å². The van der Waals surface area contributed by atoms with Crippen molar-refractivity contribution in [1.29, 1.82) is 0 Å². The molecule has 0 aliphatic heterocycles. The van der Waals surface area contributed by atoms with Crippen LogP contribution in [-0.4, -0.2) is 7.05 Å². The minimum absolute atomic E-state index is 0.472. The quantitative estimate of drug-likeness (QED) is 0.841. The second-order valence-corrected chi connectivity index (χ2v) is 5.47. The Morgan fingerprint density at radius 1 is 1.24 bits per heavy atom. The minimum Gasteiger partial charge on any atom is -0.313 e. The van der Waals surface area contributed by atoms with E-state index >= 15 is 0 Å². The lowest BCUT2D eigenvalue weighted by atomic mass is 10.0. The third-order valence-corrected chi connectivity index (χ3v) is 3.95. The predicted molar refractivity (Wildman–Crippen MR) is 75.6 cm³/mol. The lowest BCUT2D eigenvalue weighted by molar-refractivity contribution is 0.550. The van der Waals surface area contributed by atoms with Crippen LogP contribution in [0.25, 0.3) is 0 Å². The average Bonchev–Trinajstić information content (AvgIpc) is 2.78. The van der Waals surface area contributed by atoms with Crippen LogP contribution >= 0.6 is 11.3 Å². The van der Waals surface area contributed by atoms with Gasteiger partial charge in [-0.1, -0.05) is 30.3 Å². The molecule has 1 aromatic heterocycles. The molecule has 0 saturated heterocycles. The Balaban J connectivity index is 1.97. The third-order valence-electron chi connectivity index (χ3n) is 3.07. The van der Waals surface area contributed by atoms with Gasteiger partial charge >= 0.3 is 0 Å². The van der Waals surface area contributed by atoms with Crippen molar-refractivity contribution in [2.24, 2.45) is 0 Å². The summed E-state index contributed by atoms with van der Waals surface area (Å²) in [5.74, 6) is 0. The zero-order valence-corrected chi connectivity index (χ0v) is 11.3. The van der Waals surface area contributed by atoms with Gasteiger partial charge in [0.1, 0.15) is 0 Å². The molecule has 0 spiro atoms. The van der Waals surface area contributed by atoms with E-state index in [1.54, 1.807) is 0 Å². The summed E-state index contributed by atoms with van der Waals surface area (Å²) >= 11 is 1.83. The Kier molecular flexibility index (Phi) is 4.35. The van der Waals surface area contributed by atoms with Gasteiger partial charge < -0.3 is 5.32 Å². The topological polar surface area (TPSA) is 12.0 Å². The van der Waals surface area contributed by atoms with Crippen LogP contribution in [0.1, 0.15) is 28.5 Å². The van der Waals surface area contributed by atoms with Crippen LogP contribution in [-0.2, 0) is 6.42 Å². The predicted octanol–water partition coefficient (Wildman–Crippen LogP) is 3.95. The molecule has 2 aromatic rings. The molecule has 0 bridgehead atoms. The maximum absolute atomic E-state index is 3.41. The molecular weight excluding hydrogens is 226 g/mol. The number of aryl methyl sites for hydroxylation is 2. The number of hydrogen-bond acceptors (Lipinski definition) is 2. The van der Waals surface area contributed by atoms with E-state index in [4.69, 9.17) is 0 Å². The second kappa shape index (κ2) is 5.99. The molecule has 0 fully saturated rings. The number of nitrogens with one attached hydrogen (secondary N) is 1. The molecule has 0 amide bonds. The van der Waals surface area contributed by atoms with Crippen molar-refractivity contribution in [3.8, 4) is 0 Å². The van der Waals surface area contributed by atoms with Crippen molar-refractivity contribution in [2.75, 3.05) is 7.05 Å². The Morgan fingerprint density at radius 3 is 2.59 bits per heavy atom. The van der Waals surface area contributed by atoms with Gasteiger partial charge in [-0.15, -0.1) is 11.3 Å². The summed E-state index contributed by atoms with van der Waals surface area (Å²) in [7, 11) is 2.04. The fourth-order valence-corrected chi connectivity index (χ4v) is 2.84. The van der Waals surface area contributed by atoms with E-state index in [-0.39, 0.29) is 0 Å². The van der Waals surface area contributed by atoms with Crippen LogP contribution in [0.15, 0.2) is 41.8 Å². The first-order valence-electron chi connectivity index (χ1n) is 6.06. The monoisotopic (exact) mass is 245 g/mol. The molecule has 90 valence electrons. The summed E-state index contributed by atoms with van der Waals surface area (Å²) in [6.45, 7) is 2.16. The van der Waals surface area contributed by atoms with Crippen LogP contribution in [0.3, 0.4) is 0 Å².